The highest BCUT2D eigenvalue weighted by Crippen LogP contribution is 2.29. The minimum Gasteiger partial charge on any atom is -0.502 e. The molecule has 0 aromatic carbocycles. The summed E-state index contributed by atoms with van der Waals surface area (Å²) in [7, 11) is -0.995. The van der Waals surface area contributed by atoms with Gasteiger partial charge in [-0.3, -0.25) is 4.90 Å². The number of methoxy groups -OCH3 is 1. The number of hydrogen-bond donors (Lipinski definition) is 1. The van der Waals surface area contributed by atoms with Crippen molar-refractivity contribution in [2.75, 3.05) is 46.2 Å². The first kappa shape index (κ1) is 18.6. The van der Waals surface area contributed by atoms with Gasteiger partial charge in [-0.15, -0.1) is 0 Å². The first-order valence-electron chi connectivity index (χ1n) is 8.20. The lowest BCUT2D eigenvalue weighted by atomic mass is 10.1. The van der Waals surface area contributed by atoms with Crippen molar-refractivity contribution in [3.05, 3.63) is 25.0 Å². The lowest BCUT2D eigenvalue weighted by molar-refractivity contribution is -0.0115. The largest absolute Gasteiger partial charge is 0.502 e. The lowest BCUT2D eigenvalue weighted by Gasteiger charge is -2.45. The highest BCUT2D eigenvalue weighted by molar-refractivity contribution is 6.67. The van der Waals surface area contributed by atoms with Crippen LogP contribution in [-0.2, 0) is 18.3 Å². The SMILES string of the molecule is C=COCCC1CN2CCC[Si](CO)(O1)OC(C(=C)COC)C2. The molecule has 0 aliphatic carbocycles. The molecule has 132 valence electrons. The van der Waals surface area contributed by atoms with Crippen molar-refractivity contribution in [1.29, 1.82) is 0 Å². The molecule has 3 fully saturated rings. The molecule has 3 saturated heterocycles. The number of fused-ring (bicyclic) bond motifs is 6. The Hall–Kier alpha value is -0.703. The van der Waals surface area contributed by atoms with Crippen LogP contribution in [0.15, 0.2) is 25.0 Å². The zero-order valence-electron chi connectivity index (χ0n) is 14.0. The van der Waals surface area contributed by atoms with E-state index in [1.54, 1.807) is 7.11 Å². The lowest BCUT2D eigenvalue weighted by Crippen LogP contribution is -2.60. The van der Waals surface area contributed by atoms with Crippen LogP contribution in [0.2, 0.25) is 6.04 Å². The van der Waals surface area contributed by atoms with Gasteiger partial charge in [-0.25, -0.2) is 0 Å². The monoisotopic (exact) mass is 343 g/mol. The second-order valence-electron chi connectivity index (χ2n) is 6.20. The molecule has 23 heavy (non-hydrogen) atoms. The predicted octanol–water partition coefficient (Wildman–Crippen LogP) is 1.20. The van der Waals surface area contributed by atoms with E-state index in [-0.39, 0.29) is 18.4 Å². The summed E-state index contributed by atoms with van der Waals surface area (Å²) in [6.07, 6.45) is 3.06. The van der Waals surface area contributed by atoms with E-state index in [0.29, 0.717) is 13.2 Å². The van der Waals surface area contributed by atoms with Crippen molar-refractivity contribution in [1.82, 2.24) is 4.90 Å². The van der Waals surface area contributed by atoms with Gasteiger partial charge in [0.2, 0.25) is 0 Å². The highest BCUT2D eigenvalue weighted by atomic mass is 28.4. The molecule has 3 heterocycles. The Labute approximate surface area is 139 Å². The van der Waals surface area contributed by atoms with Crippen LogP contribution in [-0.4, -0.2) is 77.0 Å². The quantitative estimate of drug-likeness (QED) is 0.309. The number of aliphatic hydroxyl groups excluding tert-OH is 1. The molecule has 0 aromatic heterocycles. The van der Waals surface area contributed by atoms with Crippen LogP contribution in [0.4, 0.5) is 0 Å². The maximum atomic E-state index is 10.0. The minimum atomic E-state index is -2.65. The third-order valence-electron chi connectivity index (χ3n) is 4.36. The second-order valence-corrected chi connectivity index (χ2v) is 9.30. The van der Waals surface area contributed by atoms with Crippen molar-refractivity contribution >= 4 is 8.56 Å². The fraction of sp³-hybridized carbons (Fsp3) is 0.750. The molecule has 0 radical (unpaired) electrons. The molecular formula is C16H29NO5Si. The summed E-state index contributed by atoms with van der Waals surface area (Å²) >= 11 is 0. The van der Waals surface area contributed by atoms with Crippen molar-refractivity contribution in [3.8, 4) is 0 Å². The summed E-state index contributed by atoms with van der Waals surface area (Å²) in [6, 6.07) is 0.801. The number of hydrogen-bond acceptors (Lipinski definition) is 6. The molecule has 0 saturated carbocycles. The fourth-order valence-electron chi connectivity index (χ4n) is 3.21. The van der Waals surface area contributed by atoms with Gasteiger partial charge >= 0.3 is 8.56 Å². The van der Waals surface area contributed by atoms with Crippen LogP contribution in [0, 0.1) is 0 Å². The molecule has 1 N–H and O–H groups in total. The van der Waals surface area contributed by atoms with E-state index in [9.17, 15) is 5.11 Å². The summed E-state index contributed by atoms with van der Waals surface area (Å²) in [6.45, 7) is 11.3. The minimum absolute atomic E-state index is 0.0192. The van der Waals surface area contributed by atoms with Crippen molar-refractivity contribution in [2.24, 2.45) is 0 Å². The Balaban J connectivity index is 2.12. The number of rotatable bonds is 8. The average Bonchev–Trinajstić information content (AvgIpc) is 2.48. The molecule has 7 heteroatoms. The van der Waals surface area contributed by atoms with Gasteiger partial charge in [-0.1, -0.05) is 13.2 Å². The Bertz CT molecular complexity index is 408. The molecule has 4 atom stereocenters. The second kappa shape index (κ2) is 8.96. The van der Waals surface area contributed by atoms with Gasteiger partial charge in [0.05, 0.1) is 37.9 Å². The molecule has 0 amide bonds. The topological polar surface area (TPSA) is 60.4 Å². The zero-order valence-corrected chi connectivity index (χ0v) is 15.0. The average molecular weight is 343 g/mol. The maximum absolute atomic E-state index is 10.0. The molecule has 2 bridgehead atoms. The standard InChI is InChI=1S/C16H29NO5Si/c1-4-20-8-6-15-10-17-7-5-9-23(13-18,21-15)22-16(11-17)14(2)12-19-3/h4,15-16,18H,1-2,5-13H2,3H3. The van der Waals surface area contributed by atoms with Crippen LogP contribution in [0.25, 0.3) is 0 Å². The highest BCUT2D eigenvalue weighted by Gasteiger charge is 2.46. The number of ether oxygens (including phenoxy) is 2. The van der Waals surface area contributed by atoms with Crippen molar-refractivity contribution in [2.45, 2.75) is 31.1 Å². The van der Waals surface area contributed by atoms with Crippen LogP contribution in [0.3, 0.4) is 0 Å². The smallest absolute Gasteiger partial charge is 0.365 e. The van der Waals surface area contributed by atoms with Gasteiger partial charge in [-0.05, 0) is 24.6 Å². The van der Waals surface area contributed by atoms with Gasteiger partial charge in [0.1, 0.15) is 0 Å². The van der Waals surface area contributed by atoms with Crippen LogP contribution in [0.5, 0.6) is 0 Å². The van der Waals surface area contributed by atoms with Crippen LogP contribution < -0.4 is 0 Å². The van der Waals surface area contributed by atoms with Gasteiger partial charge in [0, 0.05) is 26.6 Å². The summed E-state index contributed by atoms with van der Waals surface area (Å²) in [5.41, 5.74) is 0.904. The third kappa shape index (κ3) is 5.14. The van der Waals surface area contributed by atoms with Crippen molar-refractivity contribution < 1.29 is 23.4 Å². The summed E-state index contributed by atoms with van der Waals surface area (Å²) < 4.78 is 23.1. The first-order valence-corrected chi connectivity index (χ1v) is 10.4. The molecule has 6 nitrogen and oxygen atoms in total. The molecule has 3 aliphatic rings. The van der Waals surface area contributed by atoms with E-state index in [1.165, 1.54) is 6.26 Å². The van der Waals surface area contributed by atoms with E-state index in [0.717, 1.165) is 44.1 Å². The van der Waals surface area contributed by atoms with Gasteiger partial charge < -0.3 is 23.4 Å². The van der Waals surface area contributed by atoms with E-state index < -0.39 is 8.56 Å². The molecule has 0 aromatic rings. The molecule has 3 aliphatic heterocycles. The normalized spacial score (nSPS) is 34.3. The number of aliphatic hydroxyl groups is 1. The van der Waals surface area contributed by atoms with Crippen LogP contribution in [0.1, 0.15) is 12.8 Å². The predicted molar refractivity (Wildman–Crippen MR) is 90.2 cm³/mol. The summed E-state index contributed by atoms with van der Waals surface area (Å²) in [5, 5.41) is 10.0. The molecule has 3 rings (SSSR count). The van der Waals surface area contributed by atoms with Crippen molar-refractivity contribution in [3.63, 3.8) is 0 Å². The van der Waals surface area contributed by atoms with Gasteiger partial charge in [0.25, 0.3) is 0 Å². The fourth-order valence-corrected chi connectivity index (χ4v) is 6.07. The van der Waals surface area contributed by atoms with Gasteiger partial charge in [0.15, 0.2) is 0 Å². The van der Waals surface area contributed by atoms with E-state index in [1.807, 2.05) is 0 Å². The molecule has 0 spiro atoms. The third-order valence-corrected chi connectivity index (χ3v) is 7.43. The Morgan fingerprint density at radius 2 is 2.26 bits per heavy atom. The number of nitrogens with zero attached hydrogens (tertiary/aromatic N) is 1. The zero-order chi connectivity index (χ0) is 16.7. The summed E-state index contributed by atoms with van der Waals surface area (Å²) in [5.74, 6) is 0. The first-order chi connectivity index (χ1) is 11.1. The maximum Gasteiger partial charge on any atom is 0.365 e. The van der Waals surface area contributed by atoms with E-state index in [4.69, 9.17) is 18.3 Å². The van der Waals surface area contributed by atoms with Crippen LogP contribution >= 0.6 is 0 Å². The Morgan fingerprint density at radius 1 is 1.43 bits per heavy atom. The Kier molecular flexibility index (Phi) is 7.26. The molecule has 4 unspecified atom stereocenters. The summed E-state index contributed by atoms with van der Waals surface area (Å²) in [4.78, 5) is 2.36. The Morgan fingerprint density at radius 3 is 2.96 bits per heavy atom. The molecular weight excluding hydrogens is 314 g/mol. The van der Waals surface area contributed by atoms with Gasteiger partial charge in [-0.2, -0.15) is 0 Å². The van der Waals surface area contributed by atoms with E-state index in [2.05, 4.69) is 18.1 Å². The van der Waals surface area contributed by atoms with E-state index >= 15 is 0 Å².